The van der Waals surface area contributed by atoms with Gasteiger partial charge in [-0.1, -0.05) is 29.8 Å². The Morgan fingerprint density at radius 2 is 2.06 bits per heavy atom. The minimum Gasteiger partial charge on any atom is -0.496 e. The van der Waals surface area contributed by atoms with Crippen molar-refractivity contribution < 1.29 is 4.74 Å². The van der Waals surface area contributed by atoms with E-state index in [0.29, 0.717) is 5.02 Å². The number of para-hydroxylation sites is 1. The second-order valence-corrected chi connectivity index (χ2v) is 4.18. The fourth-order valence-electron chi connectivity index (χ4n) is 1.80. The molecule has 3 N–H and O–H groups in total. The van der Waals surface area contributed by atoms with Gasteiger partial charge in [0.1, 0.15) is 5.75 Å². The highest BCUT2D eigenvalue weighted by molar-refractivity contribution is 6.30. The molecular formula is C13H14ClN3O. The van der Waals surface area contributed by atoms with Crippen molar-refractivity contribution in [3.63, 3.8) is 0 Å². The molecule has 4 nitrogen and oxygen atoms in total. The van der Waals surface area contributed by atoms with E-state index in [1.165, 1.54) is 0 Å². The average molecular weight is 264 g/mol. The third kappa shape index (κ3) is 2.61. The van der Waals surface area contributed by atoms with Crippen molar-refractivity contribution >= 4 is 11.6 Å². The summed E-state index contributed by atoms with van der Waals surface area (Å²) >= 11 is 5.83. The quantitative estimate of drug-likeness (QED) is 0.656. The standard InChI is InChI=1S/C13H14ClN3O/c1-18-12-5-3-2-4-10(12)13(17-15)11-7-6-9(14)8-16-11/h2-8,13,17H,15H2,1H3. The van der Waals surface area contributed by atoms with Gasteiger partial charge in [-0.25, -0.2) is 5.43 Å². The number of hydrazine groups is 1. The van der Waals surface area contributed by atoms with Crippen LogP contribution in [0.15, 0.2) is 42.6 Å². The number of nitrogens with zero attached hydrogens (tertiary/aromatic N) is 1. The lowest BCUT2D eigenvalue weighted by Gasteiger charge is -2.18. The molecule has 0 amide bonds. The summed E-state index contributed by atoms with van der Waals surface area (Å²) in [6, 6.07) is 11.0. The van der Waals surface area contributed by atoms with Crippen molar-refractivity contribution in [2.24, 2.45) is 5.84 Å². The number of ether oxygens (including phenoxy) is 1. The first-order valence-corrected chi connectivity index (χ1v) is 5.84. The topological polar surface area (TPSA) is 60.2 Å². The van der Waals surface area contributed by atoms with Crippen LogP contribution in [0.3, 0.4) is 0 Å². The van der Waals surface area contributed by atoms with Crippen LogP contribution in [0.1, 0.15) is 17.3 Å². The van der Waals surface area contributed by atoms with Crippen LogP contribution in [0.5, 0.6) is 5.75 Å². The van der Waals surface area contributed by atoms with Crippen molar-refractivity contribution in [1.82, 2.24) is 10.4 Å². The number of hydrogen-bond acceptors (Lipinski definition) is 4. The van der Waals surface area contributed by atoms with Gasteiger partial charge in [-0.05, 0) is 18.2 Å². The smallest absolute Gasteiger partial charge is 0.124 e. The summed E-state index contributed by atoms with van der Waals surface area (Å²) in [5.74, 6) is 6.38. The number of aromatic nitrogens is 1. The largest absolute Gasteiger partial charge is 0.496 e. The lowest BCUT2D eigenvalue weighted by molar-refractivity contribution is 0.403. The zero-order valence-corrected chi connectivity index (χ0v) is 10.7. The van der Waals surface area contributed by atoms with Crippen LogP contribution in [-0.4, -0.2) is 12.1 Å². The number of nitrogens with two attached hydrogens (primary N) is 1. The lowest BCUT2D eigenvalue weighted by atomic mass is 10.0. The molecule has 1 unspecified atom stereocenters. The number of halogens is 1. The molecule has 0 saturated heterocycles. The summed E-state index contributed by atoms with van der Waals surface area (Å²) < 4.78 is 5.32. The lowest BCUT2D eigenvalue weighted by Crippen LogP contribution is -2.29. The third-order valence-electron chi connectivity index (χ3n) is 2.66. The minimum atomic E-state index is -0.238. The molecule has 0 aliphatic carbocycles. The van der Waals surface area contributed by atoms with Crippen LogP contribution in [0.2, 0.25) is 5.02 Å². The zero-order valence-electron chi connectivity index (χ0n) is 9.93. The van der Waals surface area contributed by atoms with Gasteiger partial charge in [0.05, 0.1) is 23.9 Å². The maximum absolute atomic E-state index is 5.83. The SMILES string of the molecule is COc1ccccc1C(NN)c1ccc(Cl)cn1. The van der Waals surface area contributed by atoms with Gasteiger partial charge in [0.2, 0.25) is 0 Å². The Balaban J connectivity index is 2.41. The van der Waals surface area contributed by atoms with E-state index >= 15 is 0 Å². The molecule has 94 valence electrons. The summed E-state index contributed by atoms with van der Waals surface area (Å²) in [6.07, 6.45) is 1.59. The van der Waals surface area contributed by atoms with Gasteiger partial charge in [0, 0.05) is 11.8 Å². The van der Waals surface area contributed by atoms with Crippen molar-refractivity contribution in [2.45, 2.75) is 6.04 Å². The van der Waals surface area contributed by atoms with Crippen LogP contribution in [0.4, 0.5) is 0 Å². The molecule has 0 radical (unpaired) electrons. The predicted octanol–water partition coefficient (Wildman–Crippen LogP) is 2.30. The third-order valence-corrected chi connectivity index (χ3v) is 2.89. The maximum Gasteiger partial charge on any atom is 0.124 e. The van der Waals surface area contributed by atoms with Crippen molar-refractivity contribution in [2.75, 3.05) is 7.11 Å². The van der Waals surface area contributed by atoms with Gasteiger partial charge in [0.15, 0.2) is 0 Å². The Morgan fingerprint density at radius 3 is 2.67 bits per heavy atom. The molecular weight excluding hydrogens is 250 g/mol. The van der Waals surface area contributed by atoms with E-state index in [4.69, 9.17) is 22.2 Å². The van der Waals surface area contributed by atoms with Crippen LogP contribution >= 0.6 is 11.6 Å². The van der Waals surface area contributed by atoms with Gasteiger partial charge < -0.3 is 4.74 Å². The molecule has 1 aromatic heterocycles. The number of nitrogens with one attached hydrogen (secondary N) is 1. The summed E-state index contributed by atoms with van der Waals surface area (Å²) in [4.78, 5) is 4.27. The summed E-state index contributed by atoms with van der Waals surface area (Å²) in [7, 11) is 1.63. The molecule has 0 spiro atoms. The number of benzene rings is 1. The molecule has 18 heavy (non-hydrogen) atoms. The van der Waals surface area contributed by atoms with E-state index in [1.54, 1.807) is 19.4 Å². The molecule has 1 aromatic carbocycles. The molecule has 2 aromatic rings. The molecule has 0 bridgehead atoms. The molecule has 2 rings (SSSR count). The van der Waals surface area contributed by atoms with Gasteiger partial charge >= 0.3 is 0 Å². The van der Waals surface area contributed by atoms with E-state index in [9.17, 15) is 0 Å². The normalized spacial score (nSPS) is 12.2. The maximum atomic E-state index is 5.83. The van der Waals surface area contributed by atoms with Crippen LogP contribution in [0.25, 0.3) is 0 Å². The van der Waals surface area contributed by atoms with E-state index < -0.39 is 0 Å². The molecule has 0 aliphatic rings. The van der Waals surface area contributed by atoms with E-state index in [-0.39, 0.29) is 6.04 Å². The monoisotopic (exact) mass is 263 g/mol. The summed E-state index contributed by atoms with van der Waals surface area (Å²) in [6.45, 7) is 0. The second kappa shape index (κ2) is 5.82. The molecule has 1 heterocycles. The fourth-order valence-corrected chi connectivity index (χ4v) is 1.91. The Hall–Kier alpha value is -1.62. The Bertz CT molecular complexity index is 516. The second-order valence-electron chi connectivity index (χ2n) is 3.74. The number of hydrogen-bond donors (Lipinski definition) is 2. The van der Waals surface area contributed by atoms with Gasteiger partial charge in [-0.2, -0.15) is 0 Å². The Labute approximate surface area is 111 Å². The van der Waals surface area contributed by atoms with Crippen LogP contribution < -0.4 is 16.0 Å². The van der Waals surface area contributed by atoms with E-state index in [2.05, 4.69) is 10.4 Å². The first-order valence-electron chi connectivity index (χ1n) is 5.46. The highest BCUT2D eigenvalue weighted by Crippen LogP contribution is 2.28. The van der Waals surface area contributed by atoms with Gasteiger partial charge in [-0.3, -0.25) is 10.8 Å². The number of methoxy groups -OCH3 is 1. The molecule has 0 aliphatic heterocycles. The first-order chi connectivity index (χ1) is 8.76. The molecule has 0 fully saturated rings. The predicted molar refractivity (Wildman–Crippen MR) is 71.4 cm³/mol. The molecule has 1 atom stereocenters. The number of rotatable bonds is 4. The van der Waals surface area contributed by atoms with Crippen molar-refractivity contribution in [3.8, 4) is 5.75 Å². The van der Waals surface area contributed by atoms with Crippen molar-refractivity contribution in [1.29, 1.82) is 0 Å². The minimum absolute atomic E-state index is 0.238. The summed E-state index contributed by atoms with van der Waals surface area (Å²) in [5.41, 5.74) is 4.46. The van der Waals surface area contributed by atoms with Gasteiger partial charge in [0.25, 0.3) is 0 Å². The molecule has 5 heteroatoms. The highest BCUT2D eigenvalue weighted by atomic mass is 35.5. The van der Waals surface area contributed by atoms with Gasteiger partial charge in [-0.15, -0.1) is 0 Å². The van der Waals surface area contributed by atoms with Crippen LogP contribution in [-0.2, 0) is 0 Å². The Morgan fingerprint density at radius 1 is 1.28 bits per heavy atom. The molecule has 0 saturated carbocycles. The summed E-state index contributed by atoms with van der Waals surface area (Å²) in [5, 5.41) is 0.592. The van der Waals surface area contributed by atoms with E-state index in [0.717, 1.165) is 17.0 Å². The highest BCUT2D eigenvalue weighted by Gasteiger charge is 2.17. The van der Waals surface area contributed by atoms with Crippen LogP contribution in [0, 0.1) is 0 Å². The average Bonchev–Trinajstić information content (AvgIpc) is 2.42. The van der Waals surface area contributed by atoms with E-state index in [1.807, 2.05) is 30.3 Å². The fraction of sp³-hybridized carbons (Fsp3) is 0.154. The first kappa shape index (κ1) is 12.8. The van der Waals surface area contributed by atoms with Crippen molar-refractivity contribution in [3.05, 3.63) is 58.9 Å². The number of pyridine rings is 1. The Kier molecular flexibility index (Phi) is 4.15. The zero-order chi connectivity index (χ0) is 13.0.